The highest BCUT2D eigenvalue weighted by Gasteiger charge is 2.41. The summed E-state index contributed by atoms with van der Waals surface area (Å²) in [5, 5.41) is 8.62. The standard InChI is InChI=1S/9C7H15Cl2N2O2P/c9*8-2-5-11(6-3-9)14(12)10-4-1-7-13-14/h9*1-7H2,(H,10,12)/i1D2,2D2,3D2,4D2,5D2,7D2;2*2D2,3D2,4D2,5D2,7D2;2*1D2,2D2,3D2,5D2,7D2;2*1D2,2D2,3D2,4D2,5D2;2*2D2,3D2,5D2,7D2/hD4. The van der Waals surface area contributed by atoms with E-state index in [2.05, 4.69) is 27.7 Å². The normalized spacial score (nSPS) is 49.5. The van der Waals surface area contributed by atoms with Crippen molar-refractivity contribution < 1.29 is 208 Å². The third kappa shape index (κ3) is 52.1. The summed E-state index contributed by atoms with van der Waals surface area (Å²) in [6.07, 6.45) is -16.7. The fourth-order valence-corrected chi connectivity index (χ4v) is 20.9. The number of hydrogen-bond donors (Lipinski definition) is 9. The van der Waals surface area contributed by atoms with Gasteiger partial charge in [-0.25, -0.2) is 87.8 Å². The molecule has 63 heteroatoms. The molecular weight excluding hydrogens is 2210 g/mol. The predicted molar refractivity (Wildman–Crippen MR) is 533 cm³/mol. The summed E-state index contributed by atoms with van der Waals surface area (Å²) in [6.45, 7) is -81.6. The van der Waals surface area contributed by atoms with Gasteiger partial charge in [-0.2, -0.15) is 0 Å². The molecule has 0 aliphatic carbocycles. The van der Waals surface area contributed by atoms with E-state index in [0.29, 0.717) is 0 Å². The third-order valence-corrected chi connectivity index (χ3v) is 28.8. The Kier molecular flexibility index (Phi) is 28.3. The smallest absolute Gasteiger partial charge is 0.306 e. The molecular formula is C63H135Cl18N18O18P9. The molecule has 0 radical (unpaired) electrons. The predicted octanol–water partition coefficient (Wildman–Crippen LogP) is 17.0. The SMILES string of the molecule is [2H]C([2H])(Cl)CN(C([2H])([2H])C([2H])([2H])Cl)P1(=O)NC([2H])([2H])C([2H])([2H])C([2H])([2H])O1.[2H]C([2H])(Cl)CN(C([2H])([2H])C([2H])([2H])Cl)P1(=O)NC([2H])([2H])C([2H])([2H])CO1.[2H]C([2H])(Cl)CN(C([2H])([2H])C([2H])([2H])Cl)P1(=O)NC([2H])([2H])CC([2H])([2H])O1.[2H]C([2H])(Cl)CN(C([2H])([2H])C([2H])([2H])Cl)P1(=O)NCC([2H])([2H])C([2H])([2H])O1.[2H]C([2H])(Cl)CN(C([2H])([2H])C([2H])([2H])Cl)P1(=O)NCCC([2H])([2H])O1.[2H]N1C([2H])([2H])C([2H])([2H])COP1(=O)N(CC([2H])([2H])Cl)C([2H])([2H])C([2H])([2H])Cl.[2H]N1C([2H])([2H])CC([2H])([2H])OP1(=O)N(CC([2H])([2H])Cl)C([2H])([2H])C([2H])([2H])Cl.[2H]N1CC([2H])([2H])C([2H])([2H])OP1(=O)N(CC([2H])([2H])Cl)C([2H])([2H])C([2H])([2H])Cl.[2H]N1CCC([2H])([2H])OP1(=O)N(CC([2H])([2H])Cl)C([2H])([2H])C([2H])([2H])Cl. The molecule has 9 fully saturated rings. The Balaban J connectivity index is 0.00000123. The van der Waals surface area contributed by atoms with Crippen LogP contribution in [0.15, 0.2) is 0 Å². The Morgan fingerprint density at radius 2 is 0.452 bits per heavy atom. The van der Waals surface area contributed by atoms with Gasteiger partial charge < -0.3 is 40.7 Å². The summed E-state index contributed by atoms with van der Waals surface area (Å²) >= 11 is 96.4. The molecule has 0 bridgehead atoms. The lowest BCUT2D eigenvalue weighted by Gasteiger charge is -2.33. The van der Waals surface area contributed by atoms with E-state index in [4.69, 9.17) is 353 Å². The molecule has 9 atom stereocenters. The molecule has 9 aliphatic rings. The summed E-state index contributed by atoms with van der Waals surface area (Å²) in [5.41, 5.74) is 0. The fraction of sp³-hybridized carbons (Fsp3) is 1.00. The summed E-state index contributed by atoms with van der Waals surface area (Å²) < 4.78 is 849. The maximum absolute atomic E-state index is 13.1. The van der Waals surface area contributed by atoms with Gasteiger partial charge >= 0.3 is 69.0 Å². The minimum Gasteiger partial charge on any atom is -0.306 e. The second-order valence-electron chi connectivity index (χ2n) is 19.0. The Bertz CT molecular complexity index is 7390. The second-order valence-corrected chi connectivity index (χ2v) is 40.7. The number of nitrogens with zero attached hydrogens (tertiary/aromatic N) is 9. The molecule has 9 heterocycles. The van der Waals surface area contributed by atoms with Crippen molar-refractivity contribution in [3.05, 3.63) is 0 Å². The lowest BCUT2D eigenvalue weighted by molar-refractivity contribution is 0.232. The van der Waals surface area contributed by atoms with E-state index in [1.54, 1.807) is 10.2 Å². The van der Waals surface area contributed by atoms with Crippen molar-refractivity contribution in [2.45, 2.75) is 57.5 Å². The van der Waals surface area contributed by atoms with Crippen LogP contribution in [0.25, 0.3) is 0 Å². The van der Waals surface area contributed by atoms with Crippen LogP contribution >= 0.6 is 278 Å². The van der Waals surface area contributed by atoms with E-state index in [9.17, 15) is 41.1 Å². The first-order chi connectivity index (χ1) is 93.2. The maximum atomic E-state index is 13.1. The molecule has 9 unspecified atom stereocenters. The highest BCUT2D eigenvalue weighted by atomic mass is 35.5. The van der Waals surface area contributed by atoms with Crippen molar-refractivity contribution in [1.29, 1.82) is 0 Å². The highest BCUT2D eigenvalue weighted by molar-refractivity contribution is 7.57. The number of alkyl halides is 18. The van der Waals surface area contributed by atoms with Crippen LogP contribution in [0.5, 0.6) is 0 Å². The van der Waals surface area contributed by atoms with Crippen LogP contribution in [-0.2, 0) is 81.8 Å². The molecule has 0 saturated carbocycles. The van der Waals surface area contributed by atoms with E-state index < -0.39 is 452 Å². The third-order valence-electron chi connectivity index (χ3n) is 11.6. The van der Waals surface area contributed by atoms with E-state index in [1.165, 1.54) is 5.09 Å². The minimum absolute atomic E-state index is 0.0209. The summed E-state index contributed by atoms with van der Waals surface area (Å²) in [6, 6.07) is 0. The maximum Gasteiger partial charge on any atom is 0.343 e. The van der Waals surface area contributed by atoms with Crippen LogP contribution in [0.3, 0.4) is 0 Å². The summed E-state index contributed by atoms with van der Waals surface area (Å²) in [5.74, 6) is -53.5. The molecule has 9 aliphatic heterocycles. The number of hydrogen-bond acceptors (Lipinski definition) is 18. The van der Waals surface area contributed by atoms with E-state index in [1.807, 2.05) is 5.09 Å². The first kappa shape index (κ1) is 45.3. The molecule has 0 spiro atoms. The lowest BCUT2D eigenvalue weighted by atomic mass is 10.5. The monoisotopic (exact) mass is 2430 g/mol. The van der Waals surface area contributed by atoms with Gasteiger partial charge in [0.2, 0.25) is 0 Å². The summed E-state index contributed by atoms with van der Waals surface area (Å²) in [4.78, 5) is 0. The molecule has 126 heavy (non-hydrogen) atoms. The van der Waals surface area contributed by atoms with Crippen molar-refractivity contribution >= 4 is 278 Å². The zero-order valence-corrected chi connectivity index (χ0v) is 83.6. The van der Waals surface area contributed by atoms with Crippen molar-refractivity contribution in [2.24, 2.45) is 0 Å². The van der Waals surface area contributed by atoms with E-state index in [-0.39, 0.29) is 76.7 Å². The first-order valence-electron chi connectivity index (χ1n) is 77.1. The zero-order chi connectivity index (χ0) is 176. The molecule has 9 rings (SSSR count). The van der Waals surface area contributed by atoms with Crippen LogP contribution in [0.2, 0.25) is 5.65 Å². The van der Waals surface area contributed by atoms with Gasteiger partial charge in [0.05, 0.1) is 78.3 Å². The topological polar surface area (TPSA) is 374 Å². The Hall–Kier alpha value is 6.21. The van der Waals surface area contributed by atoms with Gasteiger partial charge in [0.15, 0.2) is 0 Å². The lowest BCUT2D eigenvalue weighted by Crippen LogP contribution is -2.35. The number of nitrogens with one attached hydrogen (secondary N) is 9. The van der Waals surface area contributed by atoms with Gasteiger partial charge in [-0.3, -0.25) is 41.1 Å². The highest BCUT2D eigenvalue weighted by Crippen LogP contribution is 2.55. The van der Waals surface area contributed by atoms with Gasteiger partial charge in [-0.1, -0.05) is 0 Å². The van der Waals surface area contributed by atoms with Gasteiger partial charge in [-0.15, -0.1) is 209 Å². The second kappa shape index (κ2) is 78.6. The van der Waals surface area contributed by atoms with Crippen molar-refractivity contribution in [3.8, 4) is 0 Å². The van der Waals surface area contributed by atoms with Gasteiger partial charge in [-0.05, 0) is 57.5 Å². The number of rotatable bonds is 45. The average Bonchev–Trinajstić information content (AvgIpc) is 0.734. The van der Waals surface area contributed by atoms with Crippen LogP contribution in [0.4, 0.5) is 0 Å². The molecule has 36 nitrogen and oxygen atoms in total. The van der Waals surface area contributed by atoms with E-state index >= 15 is 0 Å². The van der Waals surface area contributed by atoms with Crippen LogP contribution in [-0.4, -0.2) is 382 Å². The van der Waals surface area contributed by atoms with Gasteiger partial charge in [0.1, 0.15) is 5.65 Å². The Morgan fingerprint density at radius 3 is 0.802 bits per heavy atom. The first-order valence-corrected chi connectivity index (χ1v) is 52.1. The van der Waals surface area contributed by atoms with Crippen LogP contribution in [0, 0.1) is 0 Å². The fourth-order valence-electron chi connectivity index (χ4n) is 6.60. The van der Waals surface area contributed by atoms with Gasteiger partial charge in [0.25, 0.3) is 0 Å². The van der Waals surface area contributed by atoms with Crippen molar-refractivity contribution in [3.63, 3.8) is 0 Å². The average molecular weight is 2440 g/mol. The largest absolute Gasteiger partial charge is 0.343 e. The molecule has 0 aromatic heterocycles. The van der Waals surface area contributed by atoms with E-state index in [0.717, 1.165) is 0 Å². The van der Waals surface area contributed by atoms with Crippen molar-refractivity contribution in [2.75, 3.05) is 340 Å². The molecule has 756 valence electrons. The van der Waals surface area contributed by atoms with Gasteiger partial charge in [0, 0.05) is 382 Å². The molecule has 0 aromatic carbocycles. The molecule has 0 aromatic rings. The summed E-state index contributed by atoms with van der Waals surface area (Å²) in [7, 11) is -44.7. The van der Waals surface area contributed by atoms with Crippen LogP contribution in [0.1, 0.15) is 178 Å². The molecule has 0 amide bonds. The quantitative estimate of drug-likeness (QED) is 0.0202. The van der Waals surface area contributed by atoms with Crippen molar-refractivity contribution in [1.82, 2.24) is 87.8 Å². The molecule has 9 saturated heterocycles. The Labute approximate surface area is 969 Å². The molecule has 9 N–H and O–H groups in total. The van der Waals surface area contributed by atoms with Crippen LogP contribution < -0.4 is 45.8 Å². The zero-order valence-electron chi connectivity index (χ0n) is 154. The minimum atomic E-state index is -5.31. The Morgan fingerprint density at radius 1 is 0.222 bits per heavy atom. The number of halogens is 18.